The zero-order chi connectivity index (χ0) is 10.3. The molecule has 0 aliphatic rings. The standard InChI is InChI=1S/C8H6ClNO3S/c9-10-5-8(14(11,12)13)6-3-1-2-4-7(6)10/h1-5H,(H,11,12,13). The highest BCUT2D eigenvalue weighted by Crippen LogP contribution is 2.25. The van der Waals surface area contributed by atoms with Crippen molar-refractivity contribution >= 4 is 32.8 Å². The van der Waals surface area contributed by atoms with Gasteiger partial charge in [-0.1, -0.05) is 18.2 Å². The van der Waals surface area contributed by atoms with Crippen LogP contribution in [0.25, 0.3) is 10.9 Å². The van der Waals surface area contributed by atoms with E-state index in [9.17, 15) is 8.42 Å². The Morgan fingerprint density at radius 3 is 2.57 bits per heavy atom. The molecule has 0 spiro atoms. The van der Waals surface area contributed by atoms with E-state index in [-0.39, 0.29) is 4.90 Å². The number of hydrogen-bond acceptors (Lipinski definition) is 2. The van der Waals surface area contributed by atoms with Crippen LogP contribution in [-0.2, 0) is 10.1 Å². The minimum Gasteiger partial charge on any atom is -0.282 e. The van der Waals surface area contributed by atoms with Gasteiger partial charge in [-0.3, -0.25) is 8.64 Å². The first-order chi connectivity index (χ1) is 6.50. The molecule has 6 heteroatoms. The Balaban J connectivity index is 2.93. The molecule has 2 rings (SSSR count). The van der Waals surface area contributed by atoms with Gasteiger partial charge in [0.1, 0.15) is 4.90 Å². The van der Waals surface area contributed by atoms with Crippen LogP contribution in [0.5, 0.6) is 0 Å². The van der Waals surface area contributed by atoms with Crippen LogP contribution in [0.2, 0.25) is 0 Å². The third-order valence-electron chi connectivity index (χ3n) is 1.91. The molecule has 0 saturated carbocycles. The van der Waals surface area contributed by atoms with Crippen LogP contribution in [0.1, 0.15) is 0 Å². The summed E-state index contributed by atoms with van der Waals surface area (Å²) in [5, 5.41) is 0.407. The maximum Gasteiger partial charge on any atom is 0.296 e. The molecule has 1 heterocycles. The molecule has 2 aromatic rings. The molecule has 0 aliphatic carbocycles. The van der Waals surface area contributed by atoms with Crippen LogP contribution in [-0.4, -0.2) is 17.1 Å². The summed E-state index contributed by atoms with van der Waals surface area (Å²) in [6.45, 7) is 0. The van der Waals surface area contributed by atoms with Gasteiger partial charge in [0.2, 0.25) is 0 Å². The molecule has 0 saturated heterocycles. The van der Waals surface area contributed by atoms with Crippen LogP contribution in [0.4, 0.5) is 0 Å². The normalized spacial score (nSPS) is 12.1. The van der Waals surface area contributed by atoms with Crippen molar-refractivity contribution in [1.82, 2.24) is 4.09 Å². The molecule has 1 aromatic heterocycles. The van der Waals surface area contributed by atoms with E-state index in [4.69, 9.17) is 16.3 Å². The lowest BCUT2D eigenvalue weighted by atomic mass is 10.2. The second-order valence-electron chi connectivity index (χ2n) is 2.80. The van der Waals surface area contributed by atoms with E-state index in [1.807, 2.05) is 0 Å². The molecule has 1 aromatic carbocycles. The van der Waals surface area contributed by atoms with Gasteiger partial charge in [0, 0.05) is 23.4 Å². The summed E-state index contributed by atoms with van der Waals surface area (Å²) >= 11 is 5.72. The van der Waals surface area contributed by atoms with E-state index in [1.54, 1.807) is 24.3 Å². The summed E-state index contributed by atoms with van der Waals surface area (Å²) in [5.41, 5.74) is 0.543. The number of halogens is 1. The fourth-order valence-electron chi connectivity index (χ4n) is 1.32. The summed E-state index contributed by atoms with van der Waals surface area (Å²) in [6, 6.07) is 6.65. The van der Waals surface area contributed by atoms with Crippen LogP contribution >= 0.6 is 11.8 Å². The quantitative estimate of drug-likeness (QED) is 0.763. The molecular formula is C8H6ClNO3S. The number of benzene rings is 1. The van der Waals surface area contributed by atoms with Crippen molar-refractivity contribution in [2.24, 2.45) is 0 Å². The highest BCUT2D eigenvalue weighted by atomic mass is 35.5. The summed E-state index contributed by atoms with van der Waals surface area (Å²) in [7, 11) is -4.21. The molecule has 74 valence electrons. The first kappa shape index (κ1) is 9.51. The average molecular weight is 232 g/mol. The smallest absolute Gasteiger partial charge is 0.282 e. The Kier molecular flexibility index (Phi) is 2.02. The Morgan fingerprint density at radius 2 is 1.93 bits per heavy atom. The topological polar surface area (TPSA) is 59.3 Å². The minimum absolute atomic E-state index is 0.178. The summed E-state index contributed by atoms with van der Waals surface area (Å²) in [6.07, 6.45) is 1.17. The molecule has 0 radical (unpaired) electrons. The number of fused-ring (bicyclic) bond motifs is 1. The van der Waals surface area contributed by atoms with Gasteiger partial charge in [0.15, 0.2) is 0 Å². The lowest BCUT2D eigenvalue weighted by Crippen LogP contribution is -1.95. The molecular weight excluding hydrogens is 226 g/mol. The number of para-hydroxylation sites is 1. The van der Waals surface area contributed by atoms with Crippen molar-refractivity contribution in [2.45, 2.75) is 4.90 Å². The SMILES string of the molecule is O=S(=O)(O)c1cn(Cl)c2ccccc12. The third-order valence-corrected chi connectivity index (χ3v) is 3.07. The highest BCUT2D eigenvalue weighted by Gasteiger charge is 2.17. The summed E-state index contributed by atoms with van der Waals surface area (Å²) < 4.78 is 31.9. The average Bonchev–Trinajstić information content (AvgIpc) is 2.44. The minimum atomic E-state index is -4.21. The fourth-order valence-corrected chi connectivity index (χ4v) is 2.31. The van der Waals surface area contributed by atoms with E-state index in [0.717, 1.165) is 4.09 Å². The van der Waals surface area contributed by atoms with Gasteiger partial charge in [-0.05, 0) is 6.07 Å². The van der Waals surface area contributed by atoms with E-state index < -0.39 is 10.1 Å². The van der Waals surface area contributed by atoms with Crippen LogP contribution in [0, 0.1) is 0 Å². The van der Waals surface area contributed by atoms with Gasteiger partial charge in [0.25, 0.3) is 10.1 Å². The van der Waals surface area contributed by atoms with Gasteiger partial charge in [-0.2, -0.15) is 8.42 Å². The lowest BCUT2D eigenvalue weighted by Gasteiger charge is -1.92. The maximum absolute atomic E-state index is 10.9. The predicted molar refractivity (Wildman–Crippen MR) is 53.0 cm³/mol. The van der Waals surface area contributed by atoms with Crippen molar-refractivity contribution in [3.8, 4) is 0 Å². The number of aromatic nitrogens is 1. The van der Waals surface area contributed by atoms with E-state index in [2.05, 4.69) is 0 Å². The Labute approximate surface area is 85.6 Å². The Hall–Kier alpha value is -1.04. The van der Waals surface area contributed by atoms with Gasteiger partial charge >= 0.3 is 0 Å². The molecule has 0 aliphatic heterocycles. The Bertz CT molecular complexity index is 588. The molecule has 0 fully saturated rings. The first-order valence-electron chi connectivity index (χ1n) is 3.74. The van der Waals surface area contributed by atoms with Crippen molar-refractivity contribution in [3.63, 3.8) is 0 Å². The second kappa shape index (κ2) is 2.98. The van der Waals surface area contributed by atoms with Crippen LogP contribution in [0.15, 0.2) is 35.4 Å². The van der Waals surface area contributed by atoms with Crippen molar-refractivity contribution in [2.75, 3.05) is 0 Å². The molecule has 1 N–H and O–H groups in total. The molecule has 0 bridgehead atoms. The number of hydrogen-bond donors (Lipinski definition) is 1. The van der Waals surface area contributed by atoms with Gasteiger partial charge in [0.05, 0.1) is 5.52 Å². The van der Waals surface area contributed by atoms with E-state index >= 15 is 0 Å². The van der Waals surface area contributed by atoms with Gasteiger partial charge in [-0.15, -0.1) is 0 Å². The van der Waals surface area contributed by atoms with Gasteiger partial charge < -0.3 is 0 Å². The van der Waals surface area contributed by atoms with Crippen molar-refractivity contribution in [1.29, 1.82) is 0 Å². The third kappa shape index (κ3) is 1.39. The zero-order valence-corrected chi connectivity index (χ0v) is 8.46. The maximum atomic E-state index is 10.9. The van der Waals surface area contributed by atoms with Crippen molar-refractivity contribution in [3.05, 3.63) is 30.5 Å². The fraction of sp³-hybridized carbons (Fsp3) is 0. The highest BCUT2D eigenvalue weighted by molar-refractivity contribution is 7.86. The zero-order valence-electron chi connectivity index (χ0n) is 6.88. The van der Waals surface area contributed by atoms with E-state index in [1.165, 1.54) is 6.20 Å². The number of rotatable bonds is 1. The molecule has 0 atom stereocenters. The predicted octanol–water partition coefficient (Wildman–Crippen LogP) is 1.89. The molecule has 14 heavy (non-hydrogen) atoms. The summed E-state index contributed by atoms with van der Waals surface area (Å²) in [5.74, 6) is 0. The largest absolute Gasteiger partial charge is 0.296 e. The van der Waals surface area contributed by atoms with E-state index in [0.29, 0.717) is 10.9 Å². The summed E-state index contributed by atoms with van der Waals surface area (Å²) in [4.78, 5) is -0.178. The van der Waals surface area contributed by atoms with Crippen LogP contribution in [0.3, 0.4) is 0 Å². The molecule has 0 unspecified atom stereocenters. The lowest BCUT2D eigenvalue weighted by molar-refractivity contribution is 0.484. The Morgan fingerprint density at radius 1 is 1.29 bits per heavy atom. The van der Waals surface area contributed by atoms with Gasteiger partial charge in [-0.25, -0.2) is 0 Å². The first-order valence-corrected chi connectivity index (χ1v) is 5.52. The molecule has 4 nitrogen and oxygen atoms in total. The number of nitrogens with zero attached hydrogens (tertiary/aromatic N) is 1. The monoisotopic (exact) mass is 231 g/mol. The van der Waals surface area contributed by atoms with Crippen molar-refractivity contribution < 1.29 is 13.0 Å². The second-order valence-corrected chi connectivity index (χ2v) is 4.55. The van der Waals surface area contributed by atoms with Crippen LogP contribution < -0.4 is 0 Å². The molecule has 0 amide bonds.